The highest BCUT2D eigenvalue weighted by Gasteiger charge is 2.29. The van der Waals surface area contributed by atoms with Crippen molar-refractivity contribution < 1.29 is 9.59 Å². The lowest BCUT2D eigenvalue weighted by Crippen LogP contribution is -2.48. The summed E-state index contributed by atoms with van der Waals surface area (Å²) in [6, 6.07) is 15.2. The third-order valence-corrected chi connectivity index (χ3v) is 4.45. The van der Waals surface area contributed by atoms with Crippen molar-refractivity contribution in [1.29, 1.82) is 0 Å². The Kier molecular flexibility index (Phi) is 5.17. The third kappa shape index (κ3) is 4.69. The molecule has 25 heavy (non-hydrogen) atoms. The maximum absolute atomic E-state index is 12.7. The number of carbonyl (C=O) groups is 2. The molecule has 0 saturated heterocycles. The van der Waals surface area contributed by atoms with Crippen molar-refractivity contribution in [3.8, 4) is 0 Å². The zero-order valence-electron chi connectivity index (χ0n) is 14.7. The van der Waals surface area contributed by atoms with Crippen molar-refractivity contribution in [2.75, 3.05) is 0 Å². The van der Waals surface area contributed by atoms with Crippen molar-refractivity contribution in [3.63, 3.8) is 0 Å². The van der Waals surface area contributed by atoms with Crippen LogP contribution in [0.3, 0.4) is 0 Å². The van der Waals surface area contributed by atoms with Crippen LogP contribution in [0.15, 0.2) is 48.5 Å². The predicted molar refractivity (Wildman–Crippen MR) is 98.5 cm³/mol. The average molecular weight is 336 g/mol. The molecule has 2 aromatic carbocycles. The van der Waals surface area contributed by atoms with E-state index in [-0.39, 0.29) is 17.9 Å². The van der Waals surface area contributed by atoms with E-state index >= 15 is 0 Å². The van der Waals surface area contributed by atoms with Crippen LogP contribution in [0.2, 0.25) is 0 Å². The van der Waals surface area contributed by atoms with E-state index in [1.54, 1.807) is 0 Å². The number of carbonyl (C=O) groups excluding carboxylic acids is 2. The van der Waals surface area contributed by atoms with Crippen LogP contribution in [0, 0.1) is 13.8 Å². The van der Waals surface area contributed by atoms with Crippen molar-refractivity contribution in [1.82, 2.24) is 10.6 Å². The molecule has 2 N–H and O–H groups in total. The Labute approximate surface area is 148 Å². The van der Waals surface area contributed by atoms with Gasteiger partial charge in [0.1, 0.15) is 6.04 Å². The molecule has 1 fully saturated rings. The van der Waals surface area contributed by atoms with Crippen molar-refractivity contribution in [3.05, 3.63) is 70.8 Å². The quantitative estimate of drug-likeness (QED) is 0.852. The molecule has 4 heteroatoms. The number of rotatable bonds is 6. The van der Waals surface area contributed by atoms with Gasteiger partial charge < -0.3 is 10.6 Å². The lowest BCUT2D eigenvalue weighted by Gasteiger charge is -2.19. The minimum Gasteiger partial charge on any atom is -0.352 e. The lowest BCUT2D eigenvalue weighted by molar-refractivity contribution is -0.123. The second-order valence-electron chi connectivity index (χ2n) is 6.82. The molecule has 0 radical (unpaired) electrons. The molecular weight excluding hydrogens is 312 g/mol. The van der Waals surface area contributed by atoms with Gasteiger partial charge in [0.2, 0.25) is 5.91 Å². The summed E-state index contributed by atoms with van der Waals surface area (Å²) in [5.74, 6) is -0.311. The Bertz CT molecular complexity index is 767. The summed E-state index contributed by atoms with van der Waals surface area (Å²) in [5.41, 5.74) is 3.67. The van der Waals surface area contributed by atoms with Crippen molar-refractivity contribution >= 4 is 11.8 Å². The zero-order chi connectivity index (χ0) is 17.8. The first kappa shape index (κ1) is 17.2. The van der Waals surface area contributed by atoms with Crippen LogP contribution in [0.5, 0.6) is 0 Å². The Morgan fingerprint density at radius 1 is 1.08 bits per heavy atom. The van der Waals surface area contributed by atoms with Gasteiger partial charge in [-0.1, -0.05) is 48.0 Å². The van der Waals surface area contributed by atoms with Gasteiger partial charge in [0, 0.05) is 18.0 Å². The second kappa shape index (κ2) is 7.51. The van der Waals surface area contributed by atoms with E-state index in [0.29, 0.717) is 12.0 Å². The van der Waals surface area contributed by atoms with Crippen molar-refractivity contribution in [2.24, 2.45) is 0 Å². The smallest absolute Gasteiger partial charge is 0.252 e. The molecule has 0 heterocycles. The molecule has 0 aromatic heterocycles. The van der Waals surface area contributed by atoms with Crippen LogP contribution in [-0.2, 0) is 11.2 Å². The topological polar surface area (TPSA) is 58.2 Å². The molecule has 1 aliphatic rings. The molecule has 0 aliphatic heterocycles. The van der Waals surface area contributed by atoms with E-state index in [4.69, 9.17) is 0 Å². The van der Waals surface area contributed by atoms with Gasteiger partial charge in [0.25, 0.3) is 5.91 Å². The zero-order valence-corrected chi connectivity index (χ0v) is 14.7. The number of benzene rings is 2. The van der Waals surface area contributed by atoms with Gasteiger partial charge in [0.05, 0.1) is 0 Å². The highest BCUT2D eigenvalue weighted by atomic mass is 16.2. The van der Waals surface area contributed by atoms with E-state index in [2.05, 4.69) is 10.6 Å². The summed E-state index contributed by atoms with van der Waals surface area (Å²) in [7, 11) is 0. The van der Waals surface area contributed by atoms with Gasteiger partial charge in [-0.3, -0.25) is 9.59 Å². The number of nitrogens with one attached hydrogen (secondary N) is 2. The van der Waals surface area contributed by atoms with Gasteiger partial charge >= 0.3 is 0 Å². The number of amides is 2. The molecule has 0 unspecified atom stereocenters. The first-order valence-corrected chi connectivity index (χ1v) is 8.75. The number of hydrogen-bond donors (Lipinski definition) is 2. The van der Waals surface area contributed by atoms with Gasteiger partial charge in [-0.15, -0.1) is 0 Å². The minimum absolute atomic E-state index is 0.107. The first-order valence-electron chi connectivity index (χ1n) is 8.75. The normalized spacial score (nSPS) is 14.6. The summed E-state index contributed by atoms with van der Waals surface area (Å²) in [5, 5.41) is 5.93. The fourth-order valence-corrected chi connectivity index (χ4v) is 2.89. The monoisotopic (exact) mass is 336 g/mol. The van der Waals surface area contributed by atoms with E-state index in [9.17, 15) is 9.59 Å². The lowest BCUT2D eigenvalue weighted by atomic mass is 10.0. The molecule has 4 nitrogen and oxygen atoms in total. The maximum Gasteiger partial charge on any atom is 0.252 e. The SMILES string of the molecule is Cc1ccc(C(=O)N[C@@H](Cc2ccccc2)C(=O)NC2CC2)c(C)c1. The molecule has 2 aromatic rings. The summed E-state index contributed by atoms with van der Waals surface area (Å²) in [4.78, 5) is 25.3. The van der Waals surface area contributed by atoms with Gasteiger partial charge in [-0.2, -0.15) is 0 Å². The highest BCUT2D eigenvalue weighted by molar-refractivity contribution is 5.98. The second-order valence-corrected chi connectivity index (χ2v) is 6.82. The molecule has 0 bridgehead atoms. The van der Waals surface area contributed by atoms with Crippen molar-refractivity contribution in [2.45, 2.75) is 45.2 Å². The molecule has 3 rings (SSSR count). The van der Waals surface area contributed by atoms with Crippen LogP contribution >= 0.6 is 0 Å². The number of hydrogen-bond acceptors (Lipinski definition) is 2. The minimum atomic E-state index is -0.573. The predicted octanol–water partition coefficient (Wildman–Crippen LogP) is 2.92. The molecule has 1 atom stereocenters. The fourth-order valence-electron chi connectivity index (χ4n) is 2.89. The molecule has 1 saturated carbocycles. The summed E-state index contributed by atoms with van der Waals surface area (Å²) in [6.45, 7) is 3.91. The number of aryl methyl sites for hydroxylation is 2. The van der Waals surface area contributed by atoms with E-state index in [1.165, 1.54) is 0 Å². The average Bonchev–Trinajstić information content (AvgIpc) is 3.39. The Morgan fingerprint density at radius 2 is 1.80 bits per heavy atom. The Morgan fingerprint density at radius 3 is 2.44 bits per heavy atom. The third-order valence-electron chi connectivity index (χ3n) is 4.45. The summed E-state index contributed by atoms with van der Waals surface area (Å²) in [6.07, 6.45) is 2.53. The Balaban J connectivity index is 1.75. The highest BCUT2D eigenvalue weighted by Crippen LogP contribution is 2.19. The Hall–Kier alpha value is -2.62. The summed E-state index contributed by atoms with van der Waals surface area (Å²) >= 11 is 0. The van der Waals surface area contributed by atoms with Gasteiger partial charge in [-0.25, -0.2) is 0 Å². The van der Waals surface area contributed by atoms with E-state index < -0.39 is 6.04 Å². The van der Waals surface area contributed by atoms with Crippen LogP contribution in [0.1, 0.15) is 39.9 Å². The van der Waals surface area contributed by atoms with Crippen LogP contribution in [0.4, 0.5) is 0 Å². The molecule has 1 aliphatic carbocycles. The van der Waals surface area contributed by atoms with Crippen LogP contribution in [0.25, 0.3) is 0 Å². The van der Waals surface area contributed by atoms with Gasteiger partial charge in [-0.05, 0) is 43.9 Å². The maximum atomic E-state index is 12.7. The molecular formula is C21H24N2O2. The standard InChI is InChI=1S/C21H24N2O2/c1-14-8-11-18(15(2)12-14)20(24)23-19(21(25)22-17-9-10-17)13-16-6-4-3-5-7-16/h3-8,11-12,17,19H,9-10,13H2,1-2H3,(H,22,25)(H,23,24)/t19-/m0/s1. The fraction of sp³-hybridized carbons (Fsp3) is 0.333. The first-order chi connectivity index (χ1) is 12.0. The van der Waals surface area contributed by atoms with E-state index in [0.717, 1.165) is 29.5 Å². The van der Waals surface area contributed by atoms with Gasteiger partial charge in [0.15, 0.2) is 0 Å². The molecule has 0 spiro atoms. The molecule has 130 valence electrons. The largest absolute Gasteiger partial charge is 0.352 e. The van der Waals surface area contributed by atoms with Crippen LogP contribution in [-0.4, -0.2) is 23.9 Å². The van der Waals surface area contributed by atoms with E-state index in [1.807, 2.05) is 62.4 Å². The van der Waals surface area contributed by atoms with Crippen LogP contribution < -0.4 is 10.6 Å². The summed E-state index contributed by atoms with van der Waals surface area (Å²) < 4.78 is 0. The molecule has 2 amide bonds.